The van der Waals surface area contributed by atoms with Crippen LogP contribution in [0.1, 0.15) is 38.6 Å². The molecule has 2 aliphatic heterocycles. The van der Waals surface area contributed by atoms with Crippen LogP contribution >= 0.6 is 11.3 Å². The van der Waals surface area contributed by atoms with Gasteiger partial charge < -0.3 is 20.4 Å². The van der Waals surface area contributed by atoms with Gasteiger partial charge in [0.1, 0.15) is 0 Å². The third kappa shape index (κ3) is 3.44. The molecule has 1 amide bonds. The number of amides is 1. The predicted molar refractivity (Wildman–Crippen MR) is 98.7 cm³/mol. The van der Waals surface area contributed by atoms with E-state index in [1.807, 2.05) is 6.07 Å². The van der Waals surface area contributed by atoms with Crippen LogP contribution in [-0.2, 0) is 23.2 Å². The van der Waals surface area contributed by atoms with Crippen LogP contribution in [0.4, 0.5) is 0 Å². The van der Waals surface area contributed by atoms with E-state index in [4.69, 9.17) is 4.74 Å². The standard InChI is InChI=1S/C18H22N4O3S/c23-16-9-12(21-11-22-16)1-5-20-17(24)15-10-13-14(26-15)2-8-25-18(13)3-6-19-7-4-18/h9-11,19H,1-8H2,(H,20,24)(H,21,22,23). The van der Waals surface area contributed by atoms with Crippen molar-refractivity contribution in [3.05, 3.63) is 49.8 Å². The van der Waals surface area contributed by atoms with Gasteiger partial charge in [-0.05, 0) is 37.6 Å². The van der Waals surface area contributed by atoms with Gasteiger partial charge in [-0.15, -0.1) is 11.3 Å². The summed E-state index contributed by atoms with van der Waals surface area (Å²) in [6.07, 6.45) is 4.68. The maximum Gasteiger partial charge on any atom is 0.261 e. The van der Waals surface area contributed by atoms with Gasteiger partial charge in [0.05, 0.1) is 23.4 Å². The van der Waals surface area contributed by atoms with Crippen LogP contribution in [0.3, 0.4) is 0 Å². The van der Waals surface area contributed by atoms with E-state index in [0.29, 0.717) is 18.7 Å². The highest BCUT2D eigenvalue weighted by molar-refractivity contribution is 7.14. The van der Waals surface area contributed by atoms with E-state index in [-0.39, 0.29) is 17.1 Å². The molecule has 0 unspecified atom stereocenters. The van der Waals surface area contributed by atoms with E-state index >= 15 is 0 Å². The molecule has 4 heterocycles. The van der Waals surface area contributed by atoms with Crippen molar-refractivity contribution in [2.75, 3.05) is 26.2 Å². The molecule has 2 aromatic rings. The highest BCUT2D eigenvalue weighted by Crippen LogP contribution is 2.43. The van der Waals surface area contributed by atoms with Crippen molar-refractivity contribution in [2.24, 2.45) is 0 Å². The lowest BCUT2D eigenvalue weighted by Gasteiger charge is -2.40. The molecule has 2 aliphatic rings. The molecule has 26 heavy (non-hydrogen) atoms. The second kappa shape index (κ2) is 7.30. The summed E-state index contributed by atoms with van der Waals surface area (Å²) in [5, 5.41) is 6.31. The molecule has 138 valence electrons. The molecule has 1 fully saturated rings. The Morgan fingerprint density at radius 2 is 2.19 bits per heavy atom. The molecule has 1 spiro atoms. The number of hydrogen-bond donors (Lipinski definition) is 3. The Bertz CT molecular complexity index is 854. The van der Waals surface area contributed by atoms with Crippen LogP contribution in [0.2, 0.25) is 0 Å². The van der Waals surface area contributed by atoms with Crippen LogP contribution in [0.5, 0.6) is 0 Å². The Morgan fingerprint density at radius 1 is 1.35 bits per heavy atom. The first-order valence-corrected chi connectivity index (χ1v) is 9.78. The summed E-state index contributed by atoms with van der Waals surface area (Å²) in [5.74, 6) is -0.0710. The quantitative estimate of drug-likeness (QED) is 0.741. The third-order valence-electron chi connectivity index (χ3n) is 5.04. The Hall–Kier alpha value is -2.03. The molecule has 0 radical (unpaired) electrons. The number of H-pyrrole nitrogens is 1. The molecular formula is C18H22N4O3S. The van der Waals surface area contributed by atoms with Gasteiger partial charge in [0.15, 0.2) is 0 Å². The van der Waals surface area contributed by atoms with Gasteiger partial charge in [-0.25, -0.2) is 4.98 Å². The maximum absolute atomic E-state index is 12.5. The van der Waals surface area contributed by atoms with Gasteiger partial charge >= 0.3 is 0 Å². The van der Waals surface area contributed by atoms with Gasteiger partial charge in [-0.1, -0.05) is 0 Å². The number of ether oxygens (including phenoxy) is 1. The Morgan fingerprint density at radius 3 is 3.00 bits per heavy atom. The lowest BCUT2D eigenvalue weighted by molar-refractivity contribution is -0.0792. The number of piperidine rings is 1. The molecule has 0 aliphatic carbocycles. The summed E-state index contributed by atoms with van der Waals surface area (Å²) in [5.41, 5.74) is 1.47. The molecule has 7 nitrogen and oxygen atoms in total. The minimum Gasteiger partial charge on any atom is -0.370 e. The molecule has 0 aromatic carbocycles. The first kappa shape index (κ1) is 17.4. The number of aromatic amines is 1. The van der Waals surface area contributed by atoms with Gasteiger partial charge in [0, 0.05) is 36.0 Å². The first-order valence-electron chi connectivity index (χ1n) is 8.96. The van der Waals surface area contributed by atoms with E-state index in [1.54, 1.807) is 11.3 Å². The van der Waals surface area contributed by atoms with Gasteiger partial charge in [0.2, 0.25) is 0 Å². The minimum atomic E-state index is -0.219. The van der Waals surface area contributed by atoms with Crippen molar-refractivity contribution >= 4 is 17.2 Å². The van der Waals surface area contributed by atoms with Crippen LogP contribution in [-0.4, -0.2) is 42.1 Å². The van der Waals surface area contributed by atoms with E-state index in [9.17, 15) is 9.59 Å². The molecule has 4 rings (SSSR count). The zero-order valence-corrected chi connectivity index (χ0v) is 15.3. The summed E-state index contributed by atoms with van der Waals surface area (Å²) in [4.78, 5) is 32.4. The number of carbonyl (C=O) groups is 1. The molecule has 8 heteroatoms. The van der Waals surface area contributed by atoms with Crippen LogP contribution in [0.25, 0.3) is 0 Å². The number of thiophene rings is 1. The zero-order chi connectivity index (χ0) is 18.0. The van der Waals surface area contributed by atoms with Crippen molar-refractivity contribution in [3.8, 4) is 0 Å². The smallest absolute Gasteiger partial charge is 0.261 e. The lowest BCUT2D eigenvalue weighted by Crippen LogP contribution is -2.44. The SMILES string of the molecule is O=C(NCCc1cc(=O)[nH]cn1)c1cc2c(s1)CCOC21CCNCC1. The predicted octanol–water partition coefficient (Wildman–Crippen LogP) is 0.955. The van der Waals surface area contributed by atoms with E-state index < -0.39 is 0 Å². The summed E-state index contributed by atoms with van der Waals surface area (Å²) < 4.78 is 6.17. The zero-order valence-electron chi connectivity index (χ0n) is 14.5. The number of aromatic nitrogens is 2. The number of nitrogens with one attached hydrogen (secondary N) is 3. The molecule has 2 aromatic heterocycles. The second-order valence-electron chi connectivity index (χ2n) is 6.70. The molecule has 0 bridgehead atoms. The summed E-state index contributed by atoms with van der Waals surface area (Å²) in [6, 6.07) is 3.47. The fourth-order valence-electron chi connectivity index (χ4n) is 3.71. The fourth-order valence-corrected chi connectivity index (χ4v) is 4.86. The first-order chi connectivity index (χ1) is 12.7. The van der Waals surface area contributed by atoms with E-state index in [2.05, 4.69) is 20.6 Å². The van der Waals surface area contributed by atoms with E-state index in [1.165, 1.54) is 22.8 Å². The van der Waals surface area contributed by atoms with Gasteiger partial charge in [-0.3, -0.25) is 9.59 Å². The Labute approximate surface area is 155 Å². The van der Waals surface area contributed by atoms with Crippen molar-refractivity contribution in [1.82, 2.24) is 20.6 Å². The van der Waals surface area contributed by atoms with Crippen LogP contribution in [0.15, 0.2) is 23.3 Å². The molecular weight excluding hydrogens is 352 g/mol. The largest absolute Gasteiger partial charge is 0.370 e. The summed E-state index contributed by atoms with van der Waals surface area (Å²) >= 11 is 1.58. The van der Waals surface area contributed by atoms with Crippen molar-refractivity contribution in [3.63, 3.8) is 0 Å². The second-order valence-corrected chi connectivity index (χ2v) is 7.84. The monoisotopic (exact) mass is 374 g/mol. The van der Waals surface area contributed by atoms with E-state index in [0.717, 1.165) is 43.8 Å². The van der Waals surface area contributed by atoms with Gasteiger partial charge in [0.25, 0.3) is 11.5 Å². The minimum absolute atomic E-state index is 0.0710. The Kier molecular flexibility index (Phi) is 4.88. The number of carbonyl (C=O) groups excluding carboxylic acids is 1. The van der Waals surface area contributed by atoms with Crippen molar-refractivity contribution in [1.29, 1.82) is 0 Å². The highest BCUT2D eigenvalue weighted by Gasteiger charge is 2.40. The normalized spacial score (nSPS) is 18.5. The summed E-state index contributed by atoms with van der Waals surface area (Å²) in [7, 11) is 0. The molecule has 0 atom stereocenters. The number of fused-ring (bicyclic) bond motifs is 2. The Balaban J connectivity index is 1.43. The topological polar surface area (TPSA) is 96.1 Å². The van der Waals surface area contributed by atoms with Crippen LogP contribution in [0, 0.1) is 0 Å². The number of hydrogen-bond acceptors (Lipinski definition) is 6. The average molecular weight is 374 g/mol. The van der Waals surface area contributed by atoms with Gasteiger partial charge in [-0.2, -0.15) is 0 Å². The van der Waals surface area contributed by atoms with Crippen molar-refractivity contribution in [2.45, 2.75) is 31.3 Å². The summed E-state index contributed by atoms with van der Waals surface area (Å²) in [6.45, 7) is 3.06. The van der Waals surface area contributed by atoms with Crippen molar-refractivity contribution < 1.29 is 9.53 Å². The molecule has 1 saturated heterocycles. The molecule has 3 N–H and O–H groups in total. The molecule has 0 saturated carbocycles. The lowest BCUT2D eigenvalue weighted by atomic mass is 9.83. The maximum atomic E-state index is 12.5. The number of rotatable bonds is 4. The third-order valence-corrected chi connectivity index (χ3v) is 6.24. The fraction of sp³-hybridized carbons (Fsp3) is 0.500. The average Bonchev–Trinajstić information content (AvgIpc) is 3.09. The highest BCUT2D eigenvalue weighted by atomic mass is 32.1. The number of nitrogens with zero attached hydrogens (tertiary/aromatic N) is 1. The van der Waals surface area contributed by atoms with Crippen LogP contribution < -0.4 is 16.2 Å².